The van der Waals surface area contributed by atoms with Crippen LogP contribution in [0.25, 0.3) is 0 Å². The minimum Gasteiger partial charge on any atom is -0.312 e. The molecule has 2 saturated carbocycles. The summed E-state index contributed by atoms with van der Waals surface area (Å²) in [6.45, 7) is 8.76. The van der Waals surface area contributed by atoms with Gasteiger partial charge in [0.15, 0.2) is 0 Å². The Hall–Kier alpha value is -0.0800. The maximum atomic E-state index is 3.91. The van der Waals surface area contributed by atoms with Crippen molar-refractivity contribution in [3.05, 3.63) is 0 Å². The van der Waals surface area contributed by atoms with E-state index in [-0.39, 0.29) is 0 Å². The van der Waals surface area contributed by atoms with Gasteiger partial charge in [0.1, 0.15) is 0 Å². The quantitative estimate of drug-likeness (QED) is 0.764. The van der Waals surface area contributed by atoms with E-state index in [1.165, 1.54) is 71.0 Å². The fourth-order valence-electron chi connectivity index (χ4n) is 4.36. The molecule has 2 nitrogen and oxygen atoms in total. The van der Waals surface area contributed by atoms with Gasteiger partial charge in [0, 0.05) is 25.2 Å². The summed E-state index contributed by atoms with van der Waals surface area (Å²) in [7, 11) is 0. The van der Waals surface area contributed by atoms with Crippen LogP contribution >= 0.6 is 0 Å². The van der Waals surface area contributed by atoms with E-state index in [9.17, 15) is 0 Å². The van der Waals surface area contributed by atoms with Gasteiger partial charge < -0.3 is 5.32 Å². The van der Waals surface area contributed by atoms with Crippen molar-refractivity contribution in [3.8, 4) is 0 Å². The highest BCUT2D eigenvalue weighted by atomic mass is 15.2. The number of hydrogen-bond acceptors (Lipinski definition) is 2. The second-order valence-electron chi connectivity index (χ2n) is 7.68. The van der Waals surface area contributed by atoms with Crippen LogP contribution in [0.5, 0.6) is 0 Å². The molecule has 3 fully saturated rings. The van der Waals surface area contributed by atoms with Gasteiger partial charge in [-0.25, -0.2) is 0 Å². The molecular formula is C18H34N2. The molecule has 116 valence electrons. The summed E-state index contributed by atoms with van der Waals surface area (Å²) in [5, 5.41) is 3.91. The molecule has 3 aliphatic rings. The van der Waals surface area contributed by atoms with Gasteiger partial charge in [-0.15, -0.1) is 0 Å². The molecular weight excluding hydrogens is 244 g/mol. The van der Waals surface area contributed by atoms with Crippen molar-refractivity contribution < 1.29 is 0 Å². The molecule has 0 aromatic rings. The molecule has 0 spiro atoms. The molecule has 1 saturated heterocycles. The second-order valence-corrected chi connectivity index (χ2v) is 7.68. The van der Waals surface area contributed by atoms with E-state index < -0.39 is 0 Å². The predicted molar refractivity (Wildman–Crippen MR) is 85.9 cm³/mol. The summed E-state index contributed by atoms with van der Waals surface area (Å²) >= 11 is 0. The third-order valence-electron chi connectivity index (χ3n) is 6.12. The molecule has 0 aromatic heterocycles. The van der Waals surface area contributed by atoms with Crippen molar-refractivity contribution in [1.29, 1.82) is 0 Å². The van der Waals surface area contributed by atoms with Crippen LogP contribution in [0, 0.1) is 17.8 Å². The molecule has 3 unspecified atom stereocenters. The SMILES string of the molecule is CCC1CC(NCC2CCC2)CN(C(CC)C2CC2)C1. The van der Waals surface area contributed by atoms with Crippen molar-refractivity contribution in [1.82, 2.24) is 10.2 Å². The highest BCUT2D eigenvalue weighted by Crippen LogP contribution is 2.38. The summed E-state index contributed by atoms with van der Waals surface area (Å²) in [5.74, 6) is 2.95. The Morgan fingerprint density at radius 1 is 1.05 bits per heavy atom. The van der Waals surface area contributed by atoms with Crippen molar-refractivity contribution in [2.24, 2.45) is 17.8 Å². The topological polar surface area (TPSA) is 15.3 Å². The molecule has 20 heavy (non-hydrogen) atoms. The molecule has 0 radical (unpaired) electrons. The molecule has 3 rings (SSSR count). The van der Waals surface area contributed by atoms with Crippen LogP contribution in [-0.2, 0) is 0 Å². The molecule has 2 aliphatic carbocycles. The van der Waals surface area contributed by atoms with Gasteiger partial charge in [-0.3, -0.25) is 4.90 Å². The van der Waals surface area contributed by atoms with E-state index in [0.717, 1.165) is 29.8 Å². The Balaban J connectivity index is 1.53. The molecule has 3 atom stereocenters. The van der Waals surface area contributed by atoms with Crippen LogP contribution in [-0.4, -0.2) is 36.6 Å². The first kappa shape index (κ1) is 14.8. The Bertz CT molecular complexity index is 296. The van der Waals surface area contributed by atoms with E-state index >= 15 is 0 Å². The maximum absolute atomic E-state index is 3.91. The van der Waals surface area contributed by atoms with Gasteiger partial charge in [0.05, 0.1) is 0 Å². The number of likely N-dealkylation sites (tertiary alicyclic amines) is 1. The summed E-state index contributed by atoms with van der Waals surface area (Å²) in [5.41, 5.74) is 0. The Morgan fingerprint density at radius 2 is 1.85 bits per heavy atom. The fourth-order valence-corrected chi connectivity index (χ4v) is 4.36. The number of hydrogen-bond donors (Lipinski definition) is 1. The maximum Gasteiger partial charge on any atom is 0.0198 e. The number of nitrogens with zero attached hydrogens (tertiary/aromatic N) is 1. The van der Waals surface area contributed by atoms with Crippen molar-refractivity contribution in [2.45, 2.75) is 77.3 Å². The van der Waals surface area contributed by atoms with E-state index in [1.807, 2.05) is 0 Å². The molecule has 0 bridgehead atoms. The van der Waals surface area contributed by atoms with E-state index in [4.69, 9.17) is 0 Å². The van der Waals surface area contributed by atoms with Crippen LogP contribution in [0.15, 0.2) is 0 Å². The first-order chi connectivity index (χ1) is 9.80. The molecule has 1 aliphatic heterocycles. The lowest BCUT2D eigenvalue weighted by atomic mass is 9.84. The number of rotatable bonds is 7. The van der Waals surface area contributed by atoms with Crippen molar-refractivity contribution in [2.75, 3.05) is 19.6 Å². The third-order valence-corrected chi connectivity index (χ3v) is 6.12. The highest BCUT2D eigenvalue weighted by molar-refractivity contribution is 4.93. The number of piperidine rings is 1. The number of nitrogens with one attached hydrogen (secondary N) is 1. The van der Waals surface area contributed by atoms with Gasteiger partial charge >= 0.3 is 0 Å². The van der Waals surface area contributed by atoms with E-state index in [2.05, 4.69) is 24.1 Å². The average Bonchev–Trinajstić information content (AvgIpc) is 3.22. The lowest BCUT2D eigenvalue weighted by Crippen LogP contribution is -2.53. The van der Waals surface area contributed by atoms with Crippen LogP contribution < -0.4 is 5.32 Å². The first-order valence-electron chi connectivity index (χ1n) is 9.27. The molecule has 1 N–H and O–H groups in total. The van der Waals surface area contributed by atoms with Gasteiger partial charge in [0.2, 0.25) is 0 Å². The van der Waals surface area contributed by atoms with Crippen LogP contribution in [0.4, 0.5) is 0 Å². The molecule has 1 heterocycles. The predicted octanol–water partition coefficient (Wildman–Crippen LogP) is 3.67. The minimum atomic E-state index is 0.766. The Morgan fingerprint density at radius 3 is 2.40 bits per heavy atom. The smallest absolute Gasteiger partial charge is 0.0198 e. The minimum absolute atomic E-state index is 0.766. The summed E-state index contributed by atoms with van der Waals surface area (Å²) in [6.07, 6.45) is 11.5. The van der Waals surface area contributed by atoms with Crippen molar-refractivity contribution in [3.63, 3.8) is 0 Å². The third kappa shape index (κ3) is 3.57. The van der Waals surface area contributed by atoms with E-state index in [0.29, 0.717) is 0 Å². The lowest BCUT2D eigenvalue weighted by Gasteiger charge is -2.43. The average molecular weight is 278 g/mol. The normalized spacial score (nSPS) is 33.9. The van der Waals surface area contributed by atoms with Gasteiger partial charge in [0.25, 0.3) is 0 Å². The monoisotopic (exact) mass is 278 g/mol. The van der Waals surface area contributed by atoms with E-state index in [1.54, 1.807) is 0 Å². The van der Waals surface area contributed by atoms with Crippen LogP contribution in [0.1, 0.15) is 65.2 Å². The summed E-state index contributed by atoms with van der Waals surface area (Å²) < 4.78 is 0. The lowest BCUT2D eigenvalue weighted by molar-refractivity contribution is 0.0795. The Labute approximate surface area is 125 Å². The van der Waals surface area contributed by atoms with Gasteiger partial charge in [-0.05, 0) is 62.8 Å². The standard InChI is InChI=1S/C18H34N2/c1-3-14-10-17(19-11-15-6-5-7-15)13-20(12-14)18(4-2)16-8-9-16/h14-19H,3-13H2,1-2H3. The summed E-state index contributed by atoms with van der Waals surface area (Å²) in [6, 6.07) is 1.65. The van der Waals surface area contributed by atoms with Crippen molar-refractivity contribution >= 4 is 0 Å². The molecule has 2 heteroatoms. The van der Waals surface area contributed by atoms with Crippen LogP contribution in [0.3, 0.4) is 0 Å². The first-order valence-corrected chi connectivity index (χ1v) is 9.27. The fraction of sp³-hybridized carbons (Fsp3) is 1.00. The zero-order valence-corrected chi connectivity index (χ0v) is 13.6. The largest absolute Gasteiger partial charge is 0.312 e. The molecule has 0 amide bonds. The zero-order chi connectivity index (χ0) is 13.9. The van der Waals surface area contributed by atoms with Crippen LogP contribution in [0.2, 0.25) is 0 Å². The summed E-state index contributed by atoms with van der Waals surface area (Å²) in [4.78, 5) is 2.85. The second kappa shape index (κ2) is 6.79. The Kier molecular flexibility index (Phi) is 5.04. The van der Waals surface area contributed by atoms with Gasteiger partial charge in [-0.2, -0.15) is 0 Å². The zero-order valence-electron chi connectivity index (χ0n) is 13.6. The van der Waals surface area contributed by atoms with Gasteiger partial charge in [-0.1, -0.05) is 26.7 Å². The molecule has 0 aromatic carbocycles. The highest BCUT2D eigenvalue weighted by Gasteiger charge is 2.37.